The van der Waals surface area contributed by atoms with Crippen LogP contribution in [-0.2, 0) is 0 Å². The van der Waals surface area contributed by atoms with Gasteiger partial charge in [-0.15, -0.1) is 11.8 Å². The molecule has 3 rings (SSSR count). The second kappa shape index (κ2) is 8.42. The summed E-state index contributed by atoms with van der Waals surface area (Å²) in [4.78, 5) is 15.6. The van der Waals surface area contributed by atoms with Gasteiger partial charge in [-0.1, -0.05) is 17.7 Å². The van der Waals surface area contributed by atoms with E-state index in [1.54, 1.807) is 23.9 Å². The zero-order valence-electron chi connectivity index (χ0n) is 14.9. The van der Waals surface area contributed by atoms with E-state index in [4.69, 9.17) is 11.6 Å². The summed E-state index contributed by atoms with van der Waals surface area (Å²) >= 11 is 7.83. The van der Waals surface area contributed by atoms with E-state index in [9.17, 15) is 9.18 Å². The number of hydrogen-bond acceptors (Lipinski definition) is 3. The van der Waals surface area contributed by atoms with Crippen molar-refractivity contribution in [2.24, 2.45) is 0 Å². The summed E-state index contributed by atoms with van der Waals surface area (Å²) in [6.07, 6.45) is 2.16. The summed E-state index contributed by atoms with van der Waals surface area (Å²) in [5.41, 5.74) is 1.81. The molecule has 0 saturated carbocycles. The van der Waals surface area contributed by atoms with Crippen LogP contribution in [0, 0.1) is 12.7 Å². The molecule has 1 aliphatic heterocycles. The van der Waals surface area contributed by atoms with Crippen molar-refractivity contribution in [3.63, 3.8) is 0 Å². The Labute approximate surface area is 162 Å². The minimum Gasteiger partial charge on any atom is -0.322 e. The van der Waals surface area contributed by atoms with Crippen LogP contribution in [0.15, 0.2) is 41.3 Å². The normalized spacial score (nSPS) is 15.8. The Kier molecular flexibility index (Phi) is 6.22. The summed E-state index contributed by atoms with van der Waals surface area (Å²) in [5.74, 6) is -0.691. The molecule has 1 saturated heterocycles. The SMILES string of the molecule is Cc1ccc(C(=O)Nc2cc(F)cc(SC3CCN(C)CC3)c2)c(Cl)c1. The first-order chi connectivity index (χ1) is 12.4. The van der Waals surface area contributed by atoms with Gasteiger partial charge in [0, 0.05) is 15.8 Å². The van der Waals surface area contributed by atoms with Crippen LogP contribution in [-0.4, -0.2) is 36.2 Å². The molecule has 1 aliphatic rings. The van der Waals surface area contributed by atoms with Crippen molar-refractivity contribution >= 4 is 35.0 Å². The molecule has 2 aromatic carbocycles. The highest BCUT2D eigenvalue weighted by molar-refractivity contribution is 8.00. The van der Waals surface area contributed by atoms with E-state index in [-0.39, 0.29) is 11.7 Å². The molecule has 6 heteroatoms. The molecule has 0 unspecified atom stereocenters. The van der Waals surface area contributed by atoms with E-state index >= 15 is 0 Å². The lowest BCUT2D eigenvalue weighted by molar-refractivity contribution is 0.102. The first-order valence-corrected chi connectivity index (χ1v) is 9.90. The summed E-state index contributed by atoms with van der Waals surface area (Å²) in [5, 5.41) is 3.62. The van der Waals surface area contributed by atoms with Crippen LogP contribution in [0.25, 0.3) is 0 Å². The van der Waals surface area contributed by atoms with E-state index in [0.29, 0.717) is 21.5 Å². The quantitative estimate of drug-likeness (QED) is 0.773. The Morgan fingerprint density at radius 1 is 1.23 bits per heavy atom. The van der Waals surface area contributed by atoms with Crippen LogP contribution in [0.1, 0.15) is 28.8 Å². The average Bonchev–Trinajstić information content (AvgIpc) is 2.56. The lowest BCUT2D eigenvalue weighted by Gasteiger charge is -2.28. The molecule has 138 valence electrons. The molecule has 0 aliphatic carbocycles. The number of amides is 1. The lowest BCUT2D eigenvalue weighted by Crippen LogP contribution is -2.31. The maximum absolute atomic E-state index is 14.0. The molecule has 1 heterocycles. The molecular weight excluding hydrogens is 371 g/mol. The fourth-order valence-corrected chi connectivity index (χ4v) is 4.53. The van der Waals surface area contributed by atoms with Crippen LogP contribution in [0.2, 0.25) is 5.02 Å². The number of hydrogen-bond donors (Lipinski definition) is 1. The molecule has 1 fully saturated rings. The number of piperidine rings is 1. The third-order valence-corrected chi connectivity index (χ3v) is 6.09. The number of rotatable bonds is 4. The highest BCUT2D eigenvalue weighted by atomic mass is 35.5. The van der Waals surface area contributed by atoms with Crippen LogP contribution in [0.5, 0.6) is 0 Å². The number of nitrogens with one attached hydrogen (secondary N) is 1. The Hall–Kier alpha value is -1.56. The predicted molar refractivity (Wildman–Crippen MR) is 107 cm³/mol. The number of carbonyl (C=O) groups is 1. The van der Waals surface area contributed by atoms with E-state index in [0.717, 1.165) is 36.4 Å². The van der Waals surface area contributed by atoms with E-state index in [1.165, 1.54) is 12.1 Å². The first-order valence-electron chi connectivity index (χ1n) is 8.64. The van der Waals surface area contributed by atoms with Gasteiger partial charge in [0.05, 0.1) is 10.6 Å². The molecule has 0 atom stereocenters. The van der Waals surface area contributed by atoms with Gasteiger partial charge in [0.25, 0.3) is 5.91 Å². The van der Waals surface area contributed by atoms with Crippen LogP contribution >= 0.6 is 23.4 Å². The molecule has 1 amide bonds. The third-order valence-electron chi connectivity index (χ3n) is 4.47. The van der Waals surface area contributed by atoms with Crippen molar-refractivity contribution in [2.75, 3.05) is 25.5 Å². The smallest absolute Gasteiger partial charge is 0.257 e. The lowest BCUT2D eigenvalue weighted by atomic mass is 10.1. The summed E-state index contributed by atoms with van der Waals surface area (Å²) in [7, 11) is 2.12. The largest absolute Gasteiger partial charge is 0.322 e. The molecule has 0 radical (unpaired) electrons. The van der Waals surface area contributed by atoms with Gasteiger partial charge in [-0.2, -0.15) is 0 Å². The summed E-state index contributed by atoms with van der Waals surface area (Å²) < 4.78 is 14.0. The van der Waals surface area contributed by atoms with Crippen molar-refractivity contribution in [3.8, 4) is 0 Å². The van der Waals surface area contributed by atoms with Gasteiger partial charge in [0.2, 0.25) is 0 Å². The fraction of sp³-hybridized carbons (Fsp3) is 0.350. The third kappa shape index (κ3) is 5.00. The molecule has 3 nitrogen and oxygen atoms in total. The van der Waals surface area contributed by atoms with Crippen molar-refractivity contribution in [3.05, 3.63) is 58.4 Å². The predicted octanol–water partition coefficient (Wildman–Crippen LogP) is 5.23. The minimum absolute atomic E-state index is 0.337. The molecule has 26 heavy (non-hydrogen) atoms. The fourth-order valence-electron chi connectivity index (χ4n) is 3.00. The van der Waals surface area contributed by atoms with Gasteiger partial charge >= 0.3 is 0 Å². The standard InChI is InChI=1S/C20H22ClFN2OS/c1-13-3-4-18(19(21)9-13)20(25)23-15-10-14(22)11-17(12-15)26-16-5-7-24(2)8-6-16/h3-4,9-12,16H,5-8H2,1-2H3,(H,23,25). The zero-order valence-corrected chi connectivity index (χ0v) is 16.5. The highest BCUT2D eigenvalue weighted by Gasteiger charge is 2.18. The van der Waals surface area contributed by atoms with Crippen LogP contribution in [0.3, 0.4) is 0 Å². The topological polar surface area (TPSA) is 32.3 Å². The van der Waals surface area contributed by atoms with E-state index < -0.39 is 0 Å². The Balaban J connectivity index is 1.72. The monoisotopic (exact) mass is 392 g/mol. The molecule has 0 aromatic heterocycles. The number of carbonyl (C=O) groups excluding carboxylic acids is 1. The van der Waals surface area contributed by atoms with Gasteiger partial charge in [0.1, 0.15) is 5.82 Å². The van der Waals surface area contributed by atoms with Crippen LogP contribution < -0.4 is 5.32 Å². The second-order valence-electron chi connectivity index (χ2n) is 6.73. The Morgan fingerprint density at radius 2 is 1.96 bits per heavy atom. The second-order valence-corrected chi connectivity index (χ2v) is 8.51. The van der Waals surface area contributed by atoms with Crippen LogP contribution in [0.4, 0.5) is 10.1 Å². The van der Waals surface area contributed by atoms with E-state index in [2.05, 4.69) is 17.3 Å². The summed E-state index contributed by atoms with van der Waals surface area (Å²) in [6.45, 7) is 4.03. The van der Waals surface area contributed by atoms with Gasteiger partial charge in [-0.05, 0) is 75.8 Å². The van der Waals surface area contributed by atoms with Gasteiger partial charge in [0.15, 0.2) is 0 Å². The van der Waals surface area contributed by atoms with Gasteiger partial charge < -0.3 is 10.2 Å². The first kappa shape index (κ1) is 19.2. The van der Waals surface area contributed by atoms with Gasteiger partial charge in [-0.3, -0.25) is 4.79 Å². The number of benzene rings is 2. The number of anilines is 1. The molecule has 0 spiro atoms. The zero-order chi connectivity index (χ0) is 18.7. The molecule has 2 aromatic rings. The Bertz CT molecular complexity index is 806. The van der Waals surface area contributed by atoms with E-state index in [1.807, 2.05) is 19.1 Å². The minimum atomic E-state index is -0.353. The molecule has 1 N–H and O–H groups in total. The van der Waals surface area contributed by atoms with Gasteiger partial charge in [-0.25, -0.2) is 4.39 Å². The molecular formula is C20H22ClFN2OS. The number of aryl methyl sites for hydroxylation is 1. The van der Waals surface area contributed by atoms with Crippen molar-refractivity contribution < 1.29 is 9.18 Å². The number of likely N-dealkylation sites (tertiary alicyclic amines) is 1. The average molecular weight is 393 g/mol. The maximum Gasteiger partial charge on any atom is 0.257 e. The van der Waals surface area contributed by atoms with Crippen molar-refractivity contribution in [1.29, 1.82) is 0 Å². The number of halogens is 2. The van der Waals surface area contributed by atoms with Crippen molar-refractivity contribution in [1.82, 2.24) is 4.90 Å². The number of nitrogens with zero attached hydrogens (tertiary/aromatic N) is 1. The summed E-state index contributed by atoms with van der Waals surface area (Å²) in [6, 6.07) is 9.93. The molecule has 0 bridgehead atoms. The highest BCUT2D eigenvalue weighted by Crippen LogP contribution is 2.32. The Morgan fingerprint density at radius 3 is 2.65 bits per heavy atom. The van der Waals surface area contributed by atoms with Crippen molar-refractivity contribution in [2.45, 2.75) is 29.9 Å². The number of thioether (sulfide) groups is 1. The maximum atomic E-state index is 14.0.